The predicted octanol–water partition coefficient (Wildman–Crippen LogP) is 1.63. The topological polar surface area (TPSA) is 23.5 Å². The molecule has 13 heavy (non-hydrogen) atoms. The van der Waals surface area contributed by atoms with Crippen molar-refractivity contribution >= 4 is 0 Å². The molecule has 2 bridgehead atoms. The molecule has 0 aromatic heterocycles. The van der Waals surface area contributed by atoms with Crippen LogP contribution in [0.5, 0.6) is 0 Å². The van der Waals surface area contributed by atoms with E-state index in [0.717, 1.165) is 18.4 Å². The van der Waals surface area contributed by atoms with E-state index in [4.69, 9.17) is 0 Å². The van der Waals surface area contributed by atoms with Crippen LogP contribution in [0, 0.1) is 5.92 Å². The van der Waals surface area contributed by atoms with Crippen molar-refractivity contribution in [3.05, 3.63) is 0 Å². The van der Waals surface area contributed by atoms with Gasteiger partial charge in [-0.25, -0.2) is 0 Å². The molecule has 1 aliphatic heterocycles. The number of rotatable bonds is 3. The van der Waals surface area contributed by atoms with Crippen molar-refractivity contribution < 1.29 is 5.11 Å². The Balaban J connectivity index is 1.94. The molecule has 0 spiro atoms. The van der Waals surface area contributed by atoms with Crippen molar-refractivity contribution in [3.63, 3.8) is 0 Å². The number of piperidine rings is 1. The summed E-state index contributed by atoms with van der Waals surface area (Å²) in [6, 6.07) is 1.17. The summed E-state index contributed by atoms with van der Waals surface area (Å²) in [5, 5.41) is 9.77. The first-order valence-corrected chi connectivity index (χ1v) is 5.66. The molecule has 4 atom stereocenters. The Bertz CT molecular complexity index is 183. The molecule has 1 saturated carbocycles. The third-order valence-corrected chi connectivity index (χ3v) is 3.95. The van der Waals surface area contributed by atoms with E-state index in [0.29, 0.717) is 6.04 Å². The van der Waals surface area contributed by atoms with Crippen molar-refractivity contribution in [2.24, 2.45) is 5.92 Å². The van der Waals surface area contributed by atoms with Crippen LogP contribution in [0.2, 0.25) is 0 Å². The highest BCUT2D eigenvalue weighted by atomic mass is 16.3. The highest BCUT2D eigenvalue weighted by molar-refractivity contribution is 4.95. The van der Waals surface area contributed by atoms with Crippen LogP contribution in [0.3, 0.4) is 0 Å². The van der Waals surface area contributed by atoms with Gasteiger partial charge in [0, 0.05) is 18.6 Å². The molecule has 1 aliphatic carbocycles. The summed E-state index contributed by atoms with van der Waals surface area (Å²) in [7, 11) is 0. The monoisotopic (exact) mass is 183 g/mol. The number of fused-ring (bicyclic) bond motifs is 2. The maximum Gasteiger partial charge on any atom is 0.0690 e. The molecule has 1 N–H and O–H groups in total. The van der Waals surface area contributed by atoms with Gasteiger partial charge in [-0.15, -0.1) is 0 Å². The maximum absolute atomic E-state index is 9.77. The molecule has 2 fully saturated rings. The van der Waals surface area contributed by atoms with Crippen LogP contribution < -0.4 is 0 Å². The summed E-state index contributed by atoms with van der Waals surface area (Å²) in [5.41, 5.74) is 0. The summed E-state index contributed by atoms with van der Waals surface area (Å²) in [5.74, 6) is 0.941. The minimum Gasteiger partial charge on any atom is -0.392 e. The van der Waals surface area contributed by atoms with E-state index in [9.17, 15) is 5.11 Å². The fourth-order valence-electron chi connectivity index (χ4n) is 3.02. The molecule has 2 nitrogen and oxygen atoms in total. The standard InChI is InChI=1S/C11H21NO/c1-3-11(13)8(2)12-7-9-4-5-10(12)6-9/h8-11,13H,3-7H2,1-2H3. The third-order valence-electron chi connectivity index (χ3n) is 3.95. The smallest absolute Gasteiger partial charge is 0.0690 e. The van der Waals surface area contributed by atoms with Gasteiger partial charge in [-0.05, 0) is 38.5 Å². The van der Waals surface area contributed by atoms with Crippen LogP contribution in [0.25, 0.3) is 0 Å². The van der Waals surface area contributed by atoms with Crippen molar-refractivity contribution in [1.82, 2.24) is 4.90 Å². The number of aliphatic hydroxyl groups is 1. The second-order valence-electron chi connectivity index (χ2n) is 4.75. The first kappa shape index (κ1) is 9.47. The Labute approximate surface area is 80.9 Å². The number of nitrogens with zero attached hydrogens (tertiary/aromatic N) is 1. The molecule has 2 aliphatic rings. The largest absolute Gasteiger partial charge is 0.392 e. The molecule has 1 saturated heterocycles. The van der Waals surface area contributed by atoms with E-state index >= 15 is 0 Å². The Morgan fingerprint density at radius 3 is 2.69 bits per heavy atom. The van der Waals surface area contributed by atoms with Gasteiger partial charge in [0.1, 0.15) is 0 Å². The van der Waals surface area contributed by atoms with Crippen LogP contribution in [0.15, 0.2) is 0 Å². The lowest BCUT2D eigenvalue weighted by molar-refractivity contribution is 0.0388. The van der Waals surface area contributed by atoms with E-state index in [2.05, 4.69) is 18.7 Å². The Hall–Kier alpha value is -0.0800. The summed E-state index contributed by atoms with van der Waals surface area (Å²) >= 11 is 0. The average molecular weight is 183 g/mol. The van der Waals surface area contributed by atoms with Crippen molar-refractivity contribution in [2.45, 2.75) is 57.7 Å². The molecule has 4 unspecified atom stereocenters. The molecular weight excluding hydrogens is 162 g/mol. The van der Waals surface area contributed by atoms with Crippen LogP contribution in [0.1, 0.15) is 39.5 Å². The lowest BCUT2D eigenvalue weighted by Gasteiger charge is -2.35. The van der Waals surface area contributed by atoms with Crippen molar-refractivity contribution in [3.8, 4) is 0 Å². The number of hydrogen-bond donors (Lipinski definition) is 1. The summed E-state index contributed by atoms with van der Waals surface area (Å²) in [6.45, 7) is 5.48. The Morgan fingerprint density at radius 1 is 1.46 bits per heavy atom. The van der Waals surface area contributed by atoms with Gasteiger partial charge in [-0.3, -0.25) is 4.90 Å². The van der Waals surface area contributed by atoms with E-state index in [-0.39, 0.29) is 6.10 Å². The van der Waals surface area contributed by atoms with Crippen LogP contribution in [-0.4, -0.2) is 34.7 Å². The van der Waals surface area contributed by atoms with E-state index in [1.54, 1.807) is 0 Å². The molecule has 76 valence electrons. The molecule has 0 aromatic rings. The van der Waals surface area contributed by atoms with Crippen LogP contribution >= 0.6 is 0 Å². The highest BCUT2D eigenvalue weighted by Gasteiger charge is 2.40. The van der Waals surface area contributed by atoms with Crippen molar-refractivity contribution in [1.29, 1.82) is 0 Å². The third kappa shape index (κ3) is 1.62. The highest BCUT2D eigenvalue weighted by Crippen LogP contribution is 2.38. The van der Waals surface area contributed by atoms with E-state index in [1.807, 2.05) is 0 Å². The number of aliphatic hydroxyl groups excluding tert-OH is 1. The van der Waals surface area contributed by atoms with Crippen molar-refractivity contribution in [2.75, 3.05) is 6.54 Å². The molecule has 0 radical (unpaired) electrons. The minimum absolute atomic E-state index is 0.126. The van der Waals surface area contributed by atoms with Crippen LogP contribution in [0.4, 0.5) is 0 Å². The summed E-state index contributed by atoms with van der Waals surface area (Å²) < 4.78 is 0. The zero-order chi connectivity index (χ0) is 9.42. The molecule has 0 amide bonds. The molecule has 0 aromatic carbocycles. The lowest BCUT2D eigenvalue weighted by atomic mass is 10.0. The number of likely N-dealkylation sites (tertiary alicyclic amines) is 1. The first-order valence-electron chi connectivity index (χ1n) is 5.66. The van der Waals surface area contributed by atoms with Gasteiger partial charge in [0.05, 0.1) is 6.10 Å². The Morgan fingerprint density at radius 2 is 2.23 bits per heavy atom. The molecule has 1 heterocycles. The van der Waals surface area contributed by atoms with Gasteiger partial charge < -0.3 is 5.11 Å². The van der Waals surface area contributed by atoms with Gasteiger partial charge in [-0.2, -0.15) is 0 Å². The fourth-order valence-corrected chi connectivity index (χ4v) is 3.02. The quantitative estimate of drug-likeness (QED) is 0.719. The SMILES string of the molecule is CCC(O)C(C)N1CC2CCC1C2. The van der Waals surface area contributed by atoms with Gasteiger partial charge in [-0.1, -0.05) is 6.92 Å². The second-order valence-corrected chi connectivity index (χ2v) is 4.75. The minimum atomic E-state index is -0.126. The number of hydrogen-bond acceptors (Lipinski definition) is 2. The predicted molar refractivity (Wildman–Crippen MR) is 53.6 cm³/mol. The van der Waals surface area contributed by atoms with Gasteiger partial charge in [0.2, 0.25) is 0 Å². The average Bonchev–Trinajstić information content (AvgIpc) is 2.76. The normalized spacial score (nSPS) is 38.1. The van der Waals surface area contributed by atoms with Gasteiger partial charge in [0.25, 0.3) is 0 Å². The summed E-state index contributed by atoms with van der Waals surface area (Å²) in [4.78, 5) is 2.53. The molecule has 2 heteroatoms. The molecule has 2 rings (SSSR count). The maximum atomic E-state index is 9.77. The summed E-state index contributed by atoms with van der Waals surface area (Å²) in [6.07, 6.45) is 4.94. The lowest BCUT2D eigenvalue weighted by Crippen LogP contribution is -2.45. The molecular formula is C11H21NO. The van der Waals surface area contributed by atoms with Gasteiger partial charge in [0.15, 0.2) is 0 Å². The second kappa shape index (κ2) is 3.58. The first-order chi connectivity index (χ1) is 6.22. The fraction of sp³-hybridized carbons (Fsp3) is 1.00. The Kier molecular flexibility index (Phi) is 2.61. The van der Waals surface area contributed by atoms with Crippen LogP contribution in [-0.2, 0) is 0 Å². The zero-order valence-corrected chi connectivity index (χ0v) is 8.74. The van der Waals surface area contributed by atoms with Gasteiger partial charge >= 0.3 is 0 Å². The zero-order valence-electron chi connectivity index (χ0n) is 8.74. The van der Waals surface area contributed by atoms with E-state index < -0.39 is 0 Å². The van der Waals surface area contributed by atoms with E-state index in [1.165, 1.54) is 25.8 Å².